The van der Waals surface area contributed by atoms with Crippen LogP contribution >= 0.6 is 22.7 Å². The number of hydrogen-bond donors (Lipinski definition) is 2. The number of pyridine rings is 1. The molecule has 0 aromatic carbocycles. The number of amides is 1. The van der Waals surface area contributed by atoms with E-state index in [9.17, 15) is 4.79 Å². The van der Waals surface area contributed by atoms with Crippen LogP contribution < -0.4 is 10.6 Å². The summed E-state index contributed by atoms with van der Waals surface area (Å²) in [5.74, 6) is 0.686. The van der Waals surface area contributed by atoms with Crippen LogP contribution in [0, 0.1) is 6.92 Å². The minimum absolute atomic E-state index is 0.0772. The third-order valence-corrected chi connectivity index (χ3v) is 6.93. The molecule has 0 saturated carbocycles. The lowest BCUT2D eigenvalue weighted by Gasteiger charge is -2.13. The monoisotopic (exact) mass is 423 g/mol. The molecule has 4 aromatic rings. The molecule has 0 bridgehead atoms. The molecule has 4 aromatic heterocycles. The smallest absolute Gasteiger partial charge is 0.261 e. The van der Waals surface area contributed by atoms with Gasteiger partial charge in [-0.05, 0) is 48.9 Å². The summed E-state index contributed by atoms with van der Waals surface area (Å²) in [6.45, 7) is 4.62. The highest BCUT2D eigenvalue weighted by atomic mass is 32.1. The van der Waals surface area contributed by atoms with Gasteiger partial charge in [0.2, 0.25) is 0 Å². The predicted molar refractivity (Wildman–Crippen MR) is 119 cm³/mol. The predicted octanol–water partition coefficient (Wildman–Crippen LogP) is 4.60. The lowest BCUT2D eigenvalue weighted by molar-refractivity contribution is 0.0957. The zero-order valence-electron chi connectivity index (χ0n) is 16.2. The maximum absolute atomic E-state index is 12.8. The molecule has 2 N–H and O–H groups in total. The highest BCUT2D eigenvalue weighted by Crippen LogP contribution is 2.35. The summed E-state index contributed by atoms with van der Waals surface area (Å²) in [6.07, 6.45) is 5.86. The van der Waals surface area contributed by atoms with Gasteiger partial charge in [-0.2, -0.15) is 0 Å². The SMILES string of the molecule is Cc1c(C(=O)NCCc2cccnc2)sc2ncnc(N[C@H](C)c3cccs3)c12. The van der Waals surface area contributed by atoms with Crippen LogP contribution in [-0.4, -0.2) is 27.4 Å². The molecule has 0 radical (unpaired) electrons. The molecule has 4 rings (SSSR count). The van der Waals surface area contributed by atoms with Crippen molar-refractivity contribution in [3.8, 4) is 0 Å². The Morgan fingerprint density at radius 3 is 2.90 bits per heavy atom. The number of hydrogen-bond acceptors (Lipinski definition) is 7. The summed E-state index contributed by atoms with van der Waals surface area (Å²) in [5, 5.41) is 9.46. The van der Waals surface area contributed by atoms with E-state index in [2.05, 4.69) is 44.0 Å². The Morgan fingerprint density at radius 1 is 1.24 bits per heavy atom. The zero-order chi connectivity index (χ0) is 20.2. The molecule has 4 heterocycles. The van der Waals surface area contributed by atoms with Gasteiger partial charge in [0, 0.05) is 23.8 Å². The largest absolute Gasteiger partial charge is 0.362 e. The highest BCUT2D eigenvalue weighted by Gasteiger charge is 2.20. The third-order valence-electron chi connectivity index (χ3n) is 4.68. The number of nitrogens with one attached hydrogen (secondary N) is 2. The Kier molecular flexibility index (Phi) is 5.82. The number of aromatic nitrogens is 3. The summed E-state index contributed by atoms with van der Waals surface area (Å²) in [4.78, 5) is 28.4. The normalized spacial score (nSPS) is 12.1. The maximum atomic E-state index is 12.8. The topological polar surface area (TPSA) is 79.8 Å². The van der Waals surface area contributed by atoms with Crippen molar-refractivity contribution in [1.82, 2.24) is 20.3 Å². The van der Waals surface area contributed by atoms with Gasteiger partial charge >= 0.3 is 0 Å². The number of carbonyl (C=O) groups excluding carboxylic acids is 1. The van der Waals surface area contributed by atoms with Crippen molar-refractivity contribution in [3.05, 3.63) is 69.2 Å². The molecule has 0 aliphatic rings. The van der Waals surface area contributed by atoms with E-state index >= 15 is 0 Å². The number of rotatable bonds is 7. The summed E-state index contributed by atoms with van der Waals surface area (Å²) < 4.78 is 0. The number of nitrogens with zero attached hydrogens (tertiary/aromatic N) is 3. The van der Waals surface area contributed by atoms with Gasteiger partial charge in [0.05, 0.1) is 16.3 Å². The second kappa shape index (κ2) is 8.67. The Morgan fingerprint density at radius 2 is 2.14 bits per heavy atom. The van der Waals surface area contributed by atoms with Gasteiger partial charge in [-0.3, -0.25) is 9.78 Å². The van der Waals surface area contributed by atoms with E-state index in [4.69, 9.17) is 0 Å². The Bertz CT molecular complexity index is 1110. The number of thiophene rings is 2. The molecular formula is C21H21N5OS2. The van der Waals surface area contributed by atoms with E-state index in [1.54, 1.807) is 23.9 Å². The van der Waals surface area contributed by atoms with Crippen LogP contribution in [0.1, 0.15) is 38.6 Å². The van der Waals surface area contributed by atoms with Gasteiger partial charge in [-0.15, -0.1) is 22.7 Å². The zero-order valence-corrected chi connectivity index (χ0v) is 17.8. The molecule has 148 valence electrons. The fourth-order valence-electron chi connectivity index (χ4n) is 3.16. The quantitative estimate of drug-likeness (QED) is 0.454. The van der Waals surface area contributed by atoms with Gasteiger partial charge in [0.25, 0.3) is 5.91 Å². The van der Waals surface area contributed by atoms with Crippen molar-refractivity contribution >= 4 is 44.6 Å². The van der Waals surface area contributed by atoms with Crippen LogP contribution in [-0.2, 0) is 6.42 Å². The first kappa shape index (κ1) is 19.5. The van der Waals surface area contributed by atoms with Crippen molar-refractivity contribution in [1.29, 1.82) is 0 Å². The Hall–Kier alpha value is -2.84. The highest BCUT2D eigenvalue weighted by molar-refractivity contribution is 7.20. The average Bonchev–Trinajstić information content (AvgIpc) is 3.38. The molecule has 29 heavy (non-hydrogen) atoms. The van der Waals surface area contributed by atoms with Crippen molar-refractivity contribution < 1.29 is 4.79 Å². The minimum atomic E-state index is -0.0772. The summed E-state index contributed by atoms with van der Waals surface area (Å²) in [6, 6.07) is 8.17. The average molecular weight is 424 g/mol. The molecule has 6 nitrogen and oxygen atoms in total. The fraction of sp³-hybridized carbons (Fsp3) is 0.238. The molecular weight excluding hydrogens is 402 g/mol. The Balaban J connectivity index is 1.51. The molecule has 0 fully saturated rings. The lowest BCUT2D eigenvalue weighted by atomic mass is 10.1. The first-order valence-corrected chi connectivity index (χ1v) is 11.0. The number of carbonyl (C=O) groups is 1. The summed E-state index contributed by atoms with van der Waals surface area (Å²) >= 11 is 3.11. The molecule has 8 heteroatoms. The van der Waals surface area contributed by atoms with Gasteiger partial charge in [-0.1, -0.05) is 12.1 Å². The summed E-state index contributed by atoms with van der Waals surface area (Å²) in [7, 11) is 0. The molecule has 0 saturated heterocycles. The van der Waals surface area contributed by atoms with Crippen LogP contribution in [0.15, 0.2) is 48.4 Å². The second-order valence-corrected chi connectivity index (χ2v) is 8.69. The second-order valence-electron chi connectivity index (χ2n) is 6.71. The number of fused-ring (bicyclic) bond motifs is 1. The standard InChI is InChI=1S/C21H21N5OS2/c1-13-17-19(26-14(2)16-6-4-10-28-16)24-12-25-21(17)29-18(13)20(27)23-9-7-15-5-3-8-22-11-15/h3-6,8,10-12,14H,7,9H2,1-2H3,(H,23,27)(H,24,25,26)/t14-/m1/s1. The van der Waals surface area contributed by atoms with Crippen LogP contribution in [0.5, 0.6) is 0 Å². The Labute approximate surface area is 177 Å². The van der Waals surface area contributed by atoms with Crippen molar-refractivity contribution in [2.75, 3.05) is 11.9 Å². The third kappa shape index (κ3) is 4.28. The fourth-order valence-corrected chi connectivity index (χ4v) is 4.96. The first-order valence-electron chi connectivity index (χ1n) is 9.34. The van der Waals surface area contributed by atoms with Gasteiger partial charge < -0.3 is 10.6 Å². The molecule has 0 spiro atoms. The first-order chi connectivity index (χ1) is 14.1. The number of aryl methyl sites for hydroxylation is 1. The van der Waals surface area contributed by atoms with E-state index in [1.807, 2.05) is 31.3 Å². The van der Waals surface area contributed by atoms with Crippen LogP contribution in [0.2, 0.25) is 0 Å². The minimum Gasteiger partial charge on any atom is -0.362 e. The van der Waals surface area contributed by atoms with Crippen molar-refractivity contribution in [3.63, 3.8) is 0 Å². The van der Waals surface area contributed by atoms with Crippen LogP contribution in [0.4, 0.5) is 5.82 Å². The van der Waals surface area contributed by atoms with Crippen LogP contribution in [0.3, 0.4) is 0 Å². The molecule has 0 unspecified atom stereocenters. The number of anilines is 1. The molecule has 1 amide bonds. The van der Waals surface area contributed by atoms with E-state index in [-0.39, 0.29) is 11.9 Å². The van der Waals surface area contributed by atoms with E-state index in [0.717, 1.165) is 33.6 Å². The van der Waals surface area contributed by atoms with Gasteiger partial charge in [0.1, 0.15) is 17.0 Å². The van der Waals surface area contributed by atoms with Gasteiger partial charge in [-0.25, -0.2) is 9.97 Å². The van der Waals surface area contributed by atoms with Crippen LogP contribution in [0.25, 0.3) is 10.2 Å². The van der Waals surface area contributed by atoms with Crippen molar-refractivity contribution in [2.24, 2.45) is 0 Å². The lowest BCUT2D eigenvalue weighted by Crippen LogP contribution is -2.25. The molecule has 0 aliphatic carbocycles. The van der Waals surface area contributed by atoms with Crippen molar-refractivity contribution in [2.45, 2.75) is 26.3 Å². The molecule has 0 aliphatic heterocycles. The van der Waals surface area contributed by atoms with Gasteiger partial charge in [0.15, 0.2) is 0 Å². The van der Waals surface area contributed by atoms with E-state index < -0.39 is 0 Å². The maximum Gasteiger partial charge on any atom is 0.261 e. The summed E-state index contributed by atoms with van der Waals surface area (Å²) in [5.41, 5.74) is 2.01. The van der Waals surface area contributed by atoms with E-state index in [0.29, 0.717) is 11.4 Å². The molecule has 1 atom stereocenters. The van der Waals surface area contributed by atoms with E-state index in [1.165, 1.54) is 16.2 Å².